The van der Waals surface area contributed by atoms with Crippen molar-refractivity contribution in [3.05, 3.63) is 65.2 Å². The molecule has 1 unspecified atom stereocenters. The minimum absolute atomic E-state index is 0.612. The maximum absolute atomic E-state index is 9.10. The third-order valence-electron chi connectivity index (χ3n) is 2.86. The Labute approximate surface area is 127 Å². The molecule has 0 aliphatic heterocycles. The molecule has 2 aromatic carbocycles. The maximum Gasteiger partial charge on any atom is 0.161 e. The highest BCUT2D eigenvalue weighted by Crippen LogP contribution is 2.28. The van der Waals surface area contributed by atoms with Crippen LogP contribution < -0.4 is 0 Å². The first-order valence-electron chi connectivity index (χ1n) is 6.25. The molecular formula is C16H11ClN4. The third kappa shape index (κ3) is 3.89. The van der Waals surface area contributed by atoms with Gasteiger partial charge in [0.25, 0.3) is 0 Å². The van der Waals surface area contributed by atoms with Crippen LogP contribution in [-0.4, -0.2) is 0 Å². The maximum atomic E-state index is 9.10. The number of rotatable bonds is 4. The molecule has 102 valence electrons. The van der Waals surface area contributed by atoms with Crippen LogP contribution in [0.4, 0.5) is 5.69 Å². The molecule has 0 aliphatic rings. The summed E-state index contributed by atoms with van der Waals surface area (Å²) in [6.45, 7) is 0. The van der Waals surface area contributed by atoms with Crippen molar-refractivity contribution < 1.29 is 0 Å². The smallest absolute Gasteiger partial charge is 0.161 e. The van der Waals surface area contributed by atoms with Crippen molar-refractivity contribution in [1.29, 1.82) is 10.5 Å². The first-order valence-corrected chi connectivity index (χ1v) is 6.63. The summed E-state index contributed by atoms with van der Waals surface area (Å²) in [5.74, 6) is -0.886. The van der Waals surface area contributed by atoms with Crippen LogP contribution in [-0.2, 0) is 0 Å². The monoisotopic (exact) mass is 294 g/mol. The van der Waals surface area contributed by atoms with E-state index in [1.165, 1.54) is 0 Å². The van der Waals surface area contributed by atoms with E-state index >= 15 is 0 Å². The molecular weight excluding hydrogens is 284 g/mol. The Balaban J connectivity index is 2.31. The summed E-state index contributed by atoms with van der Waals surface area (Å²) in [6, 6.07) is 19.4. The van der Waals surface area contributed by atoms with E-state index in [0.717, 1.165) is 5.56 Å². The second-order valence-electron chi connectivity index (χ2n) is 4.28. The lowest BCUT2D eigenvalue weighted by Gasteiger charge is -2.11. The summed E-state index contributed by atoms with van der Waals surface area (Å²) >= 11 is 5.81. The first-order chi connectivity index (χ1) is 10.2. The highest BCUT2D eigenvalue weighted by atomic mass is 35.5. The van der Waals surface area contributed by atoms with Crippen LogP contribution >= 0.6 is 11.6 Å². The molecule has 0 spiro atoms. The van der Waals surface area contributed by atoms with E-state index in [1.54, 1.807) is 24.3 Å². The minimum Gasteiger partial charge on any atom is -0.197 e. The SMILES string of the molecule is N#CC(C#N)C(N=Nc1ccc(Cl)cc1)c1ccccc1. The molecule has 0 fully saturated rings. The fraction of sp³-hybridized carbons (Fsp3) is 0.125. The minimum atomic E-state index is -0.886. The average molecular weight is 295 g/mol. The van der Waals surface area contributed by atoms with Gasteiger partial charge in [-0.2, -0.15) is 20.8 Å². The molecule has 2 aromatic rings. The van der Waals surface area contributed by atoms with E-state index < -0.39 is 12.0 Å². The van der Waals surface area contributed by atoms with Gasteiger partial charge in [0.15, 0.2) is 5.92 Å². The van der Waals surface area contributed by atoms with Crippen LogP contribution in [0, 0.1) is 28.6 Å². The van der Waals surface area contributed by atoms with E-state index in [9.17, 15) is 0 Å². The number of azo groups is 1. The Morgan fingerprint density at radius 1 is 0.905 bits per heavy atom. The Morgan fingerprint density at radius 2 is 1.52 bits per heavy atom. The normalized spacial score (nSPS) is 12.0. The zero-order valence-electron chi connectivity index (χ0n) is 11.0. The predicted octanol–water partition coefficient (Wildman–Crippen LogP) is 4.83. The molecule has 2 rings (SSSR count). The fourth-order valence-electron chi connectivity index (χ4n) is 1.78. The molecule has 0 aromatic heterocycles. The predicted molar refractivity (Wildman–Crippen MR) is 79.9 cm³/mol. The van der Waals surface area contributed by atoms with Gasteiger partial charge < -0.3 is 0 Å². The van der Waals surface area contributed by atoms with Crippen molar-refractivity contribution in [3.63, 3.8) is 0 Å². The van der Waals surface area contributed by atoms with Crippen LogP contribution in [0.1, 0.15) is 11.6 Å². The van der Waals surface area contributed by atoms with E-state index in [0.29, 0.717) is 10.7 Å². The standard InChI is InChI=1S/C16H11ClN4/c17-14-6-8-15(9-7-14)20-21-16(13(10-18)11-19)12-4-2-1-3-5-12/h1-9,13,16H. The Kier molecular flexibility index (Phi) is 5.04. The number of halogens is 1. The second-order valence-corrected chi connectivity index (χ2v) is 4.72. The quantitative estimate of drug-likeness (QED) is 0.758. The average Bonchev–Trinajstić information content (AvgIpc) is 2.54. The van der Waals surface area contributed by atoms with Gasteiger partial charge in [-0.3, -0.25) is 0 Å². The van der Waals surface area contributed by atoms with Gasteiger partial charge in [0.2, 0.25) is 0 Å². The van der Waals surface area contributed by atoms with Crippen LogP contribution in [0.25, 0.3) is 0 Å². The van der Waals surface area contributed by atoms with Gasteiger partial charge in [0, 0.05) is 5.02 Å². The van der Waals surface area contributed by atoms with E-state index in [-0.39, 0.29) is 0 Å². The van der Waals surface area contributed by atoms with E-state index in [1.807, 2.05) is 42.5 Å². The van der Waals surface area contributed by atoms with Gasteiger partial charge >= 0.3 is 0 Å². The van der Waals surface area contributed by atoms with Crippen molar-refractivity contribution in [1.82, 2.24) is 0 Å². The fourth-order valence-corrected chi connectivity index (χ4v) is 1.91. The molecule has 0 radical (unpaired) electrons. The molecule has 5 heteroatoms. The Hall–Kier alpha value is -2.69. The summed E-state index contributed by atoms with van der Waals surface area (Å²) in [6.07, 6.45) is 0. The van der Waals surface area contributed by atoms with Crippen LogP contribution in [0.3, 0.4) is 0 Å². The molecule has 0 N–H and O–H groups in total. The van der Waals surface area contributed by atoms with Crippen LogP contribution in [0.2, 0.25) is 5.02 Å². The summed E-state index contributed by atoms with van der Waals surface area (Å²) in [5.41, 5.74) is 1.40. The number of benzene rings is 2. The van der Waals surface area contributed by atoms with Crippen molar-refractivity contribution >= 4 is 17.3 Å². The first kappa shape index (κ1) is 14.7. The molecule has 0 saturated heterocycles. The molecule has 4 nitrogen and oxygen atoms in total. The Bertz CT molecular complexity index is 682. The van der Waals surface area contributed by atoms with Gasteiger partial charge in [-0.25, -0.2) is 0 Å². The number of hydrogen-bond acceptors (Lipinski definition) is 4. The highest BCUT2D eigenvalue weighted by Gasteiger charge is 2.22. The lowest BCUT2D eigenvalue weighted by molar-refractivity contribution is 0.612. The summed E-state index contributed by atoms with van der Waals surface area (Å²) < 4.78 is 0. The molecule has 0 aliphatic carbocycles. The number of nitrogens with zero attached hydrogens (tertiary/aromatic N) is 4. The van der Waals surface area contributed by atoms with Crippen LogP contribution in [0.5, 0.6) is 0 Å². The van der Waals surface area contributed by atoms with Gasteiger partial charge in [0.1, 0.15) is 6.04 Å². The molecule has 0 heterocycles. The Morgan fingerprint density at radius 3 is 2.10 bits per heavy atom. The molecule has 0 saturated carbocycles. The van der Waals surface area contributed by atoms with Crippen molar-refractivity contribution in [3.8, 4) is 12.1 Å². The molecule has 1 atom stereocenters. The molecule has 0 amide bonds. The zero-order valence-corrected chi connectivity index (χ0v) is 11.8. The topological polar surface area (TPSA) is 72.3 Å². The second kappa shape index (κ2) is 7.19. The molecule has 21 heavy (non-hydrogen) atoms. The van der Waals surface area contributed by atoms with Gasteiger partial charge in [-0.15, -0.1) is 0 Å². The lowest BCUT2D eigenvalue weighted by Crippen LogP contribution is -2.06. The van der Waals surface area contributed by atoms with E-state index in [2.05, 4.69) is 10.2 Å². The van der Waals surface area contributed by atoms with E-state index in [4.69, 9.17) is 22.1 Å². The van der Waals surface area contributed by atoms with Crippen LogP contribution in [0.15, 0.2) is 64.8 Å². The van der Waals surface area contributed by atoms with Crippen molar-refractivity contribution in [2.75, 3.05) is 0 Å². The zero-order chi connectivity index (χ0) is 15.1. The summed E-state index contributed by atoms with van der Waals surface area (Å²) in [5, 5.41) is 27.1. The largest absolute Gasteiger partial charge is 0.197 e. The van der Waals surface area contributed by atoms with Gasteiger partial charge in [-0.05, 0) is 29.8 Å². The summed E-state index contributed by atoms with van der Waals surface area (Å²) in [4.78, 5) is 0. The van der Waals surface area contributed by atoms with Gasteiger partial charge in [-0.1, -0.05) is 41.9 Å². The van der Waals surface area contributed by atoms with Crippen molar-refractivity contribution in [2.24, 2.45) is 16.1 Å². The molecule has 0 bridgehead atoms. The number of nitriles is 2. The lowest BCUT2D eigenvalue weighted by atomic mass is 9.96. The summed E-state index contributed by atoms with van der Waals surface area (Å²) in [7, 11) is 0. The van der Waals surface area contributed by atoms with Gasteiger partial charge in [0.05, 0.1) is 17.8 Å². The van der Waals surface area contributed by atoms with Crippen molar-refractivity contribution in [2.45, 2.75) is 6.04 Å². The third-order valence-corrected chi connectivity index (χ3v) is 3.11. The number of hydrogen-bond donors (Lipinski definition) is 0. The highest BCUT2D eigenvalue weighted by molar-refractivity contribution is 6.30.